The molecule has 6 heteroatoms. The molecule has 0 spiro atoms. The van der Waals surface area contributed by atoms with Gasteiger partial charge in [-0.25, -0.2) is 0 Å². The Labute approximate surface area is 172 Å². The topological polar surface area (TPSA) is 70.7 Å². The first-order valence-electron chi connectivity index (χ1n) is 10.1. The van der Waals surface area contributed by atoms with Crippen LogP contribution < -0.4 is 10.6 Å². The van der Waals surface area contributed by atoms with Crippen molar-refractivity contribution in [3.05, 3.63) is 71.3 Å². The number of aryl methyl sites for hydroxylation is 1. The zero-order valence-corrected chi connectivity index (χ0v) is 16.9. The van der Waals surface area contributed by atoms with E-state index in [1.54, 1.807) is 12.1 Å². The van der Waals surface area contributed by atoms with Gasteiger partial charge in [0.2, 0.25) is 5.91 Å². The summed E-state index contributed by atoms with van der Waals surface area (Å²) < 4.78 is 5.43. The van der Waals surface area contributed by atoms with E-state index in [1.807, 2.05) is 18.2 Å². The molecule has 0 aromatic heterocycles. The third kappa shape index (κ3) is 6.69. The van der Waals surface area contributed by atoms with Crippen LogP contribution in [0.4, 0.5) is 0 Å². The van der Waals surface area contributed by atoms with Gasteiger partial charge in [0.05, 0.1) is 19.3 Å². The summed E-state index contributed by atoms with van der Waals surface area (Å²) in [6, 6.07) is 17.2. The summed E-state index contributed by atoms with van der Waals surface area (Å²) in [4.78, 5) is 27.0. The van der Waals surface area contributed by atoms with Gasteiger partial charge in [0.15, 0.2) is 0 Å². The zero-order valence-electron chi connectivity index (χ0n) is 16.9. The molecule has 3 rings (SSSR count). The first-order chi connectivity index (χ1) is 14.1. The SMILES string of the molecule is Cc1ccc([C@@H](CN2CCOCC2)NC(=O)CCNC(=O)c2ccccc2)cc1. The van der Waals surface area contributed by atoms with Crippen molar-refractivity contribution in [1.29, 1.82) is 0 Å². The Morgan fingerprint density at radius 1 is 1.03 bits per heavy atom. The van der Waals surface area contributed by atoms with Gasteiger partial charge in [-0.15, -0.1) is 0 Å². The Bertz CT molecular complexity index is 787. The van der Waals surface area contributed by atoms with Crippen LogP contribution in [0.1, 0.15) is 33.9 Å². The second kappa shape index (κ2) is 10.7. The molecule has 0 radical (unpaired) electrons. The van der Waals surface area contributed by atoms with Crippen molar-refractivity contribution in [2.75, 3.05) is 39.4 Å². The molecular formula is C23H29N3O3. The molecule has 1 aliphatic heterocycles. The molecular weight excluding hydrogens is 366 g/mol. The fourth-order valence-electron chi connectivity index (χ4n) is 3.32. The van der Waals surface area contributed by atoms with Crippen LogP contribution in [0.5, 0.6) is 0 Å². The molecule has 2 amide bonds. The Morgan fingerprint density at radius 3 is 2.41 bits per heavy atom. The van der Waals surface area contributed by atoms with E-state index in [4.69, 9.17) is 4.74 Å². The highest BCUT2D eigenvalue weighted by molar-refractivity contribution is 5.94. The highest BCUT2D eigenvalue weighted by atomic mass is 16.5. The maximum Gasteiger partial charge on any atom is 0.251 e. The summed E-state index contributed by atoms with van der Waals surface area (Å²) in [5.41, 5.74) is 2.87. The van der Waals surface area contributed by atoms with E-state index in [-0.39, 0.29) is 24.3 Å². The minimum Gasteiger partial charge on any atom is -0.379 e. The van der Waals surface area contributed by atoms with Gasteiger partial charge < -0.3 is 15.4 Å². The minimum atomic E-state index is -0.165. The molecule has 0 unspecified atom stereocenters. The van der Waals surface area contributed by atoms with Crippen LogP contribution in [0.15, 0.2) is 54.6 Å². The van der Waals surface area contributed by atoms with E-state index in [0.29, 0.717) is 12.1 Å². The average Bonchev–Trinajstić information content (AvgIpc) is 2.75. The molecule has 1 fully saturated rings. The van der Waals surface area contributed by atoms with Crippen LogP contribution >= 0.6 is 0 Å². The van der Waals surface area contributed by atoms with Gasteiger partial charge in [-0.2, -0.15) is 0 Å². The second-order valence-corrected chi connectivity index (χ2v) is 7.32. The normalized spacial score (nSPS) is 15.5. The maximum atomic E-state index is 12.5. The minimum absolute atomic E-state index is 0.0720. The lowest BCUT2D eigenvalue weighted by molar-refractivity contribution is -0.121. The summed E-state index contributed by atoms with van der Waals surface area (Å²) in [6.07, 6.45) is 0.240. The van der Waals surface area contributed by atoms with Crippen molar-refractivity contribution in [3.63, 3.8) is 0 Å². The van der Waals surface area contributed by atoms with Gasteiger partial charge in [-0.05, 0) is 24.6 Å². The van der Waals surface area contributed by atoms with Crippen LogP contribution in [0.2, 0.25) is 0 Å². The fourth-order valence-corrected chi connectivity index (χ4v) is 3.32. The van der Waals surface area contributed by atoms with Crippen LogP contribution in [0.25, 0.3) is 0 Å². The number of hydrogen-bond acceptors (Lipinski definition) is 4. The Kier molecular flexibility index (Phi) is 7.78. The van der Waals surface area contributed by atoms with Crippen molar-refractivity contribution in [2.24, 2.45) is 0 Å². The molecule has 2 aromatic carbocycles. The predicted octanol–water partition coefficient (Wildman–Crippen LogP) is 2.30. The summed E-state index contributed by atoms with van der Waals surface area (Å²) in [7, 11) is 0. The molecule has 2 N–H and O–H groups in total. The Balaban J connectivity index is 1.54. The van der Waals surface area contributed by atoms with Gasteiger partial charge in [-0.1, -0.05) is 48.0 Å². The molecule has 29 heavy (non-hydrogen) atoms. The lowest BCUT2D eigenvalue weighted by Crippen LogP contribution is -2.43. The van der Waals surface area contributed by atoms with E-state index in [2.05, 4.69) is 46.7 Å². The first-order valence-corrected chi connectivity index (χ1v) is 10.1. The lowest BCUT2D eigenvalue weighted by Gasteiger charge is -2.31. The Morgan fingerprint density at radius 2 is 1.72 bits per heavy atom. The average molecular weight is 396 g/mol. The molecule has 1 saturated heterocycles. The molecule has 1 heterocycles. The van der Waals surface area contributed by atoms with E-state index >= 15 is 0 Å². The maximum absolute atomic E-state index is 12.5. The summed E-state index contributed by atoms with van der Waals surface area (Å²) in [5, 5.41) is 5.95. The fraction of sp³-hybridized carbons (Fsp3) is 0.391. The van der Waals surface area contributed by atoms with Crippen LogP contribution in [-0.2, 0) is 9.53 Å². The zero-order chi connectivity index (χ0) is 20.5. The molecule has 2 aromatic rings. The Hall–Kier alpha value is -2.70. The van der Waals surface area contributed by atoms with Crippen molar-refractivity contribution >= 4 is 11.8 Å². The number of carbonyl (C=O) groups excluding carboxylic acids is 2. The summed E-state index contributed by atoms with van der Waals surface area (Å²) in [5.74, 6) is -0.237. The third-order valence-electron chi connectivity index (χ3n) is 5.03. The van der Waals surface area contributed by atoms with Gasteiger partial charge in [0.1, 0.15) is 0 Å². The number of carbonyl (C=O) groups is 2. The van der Waals surface area contributed by atoms with Gasteiger partial charge in [-0.3, -0.25) is 14.5 Å². The van der Waals surface area contributed by atoms with Crippen molar-refractivity contribution < 1.29 is 14.3 Å². The van der Waals surface area contributed by atoms with E-state index in [0.717, 1.165) is 38.4 Å². The van der Waals surface area contributed by atoms with Crippen LogP contribution in [0, 0.1) is 6.92 Å². The largest absolute Gasteiger partial charge is 0.379 e. The third-order valence-corrected chi connectivity index (χ3v) is 5.03. The van der Waals surface area contributed by atoms with Crippen molar-refractivity contribution in [3.8, 4) is 0 Å². The highest BCUT2D eigenvalue weighted by Gasteiger charge is 2.20. The summed E-state index contributed by atoms with van der Waals surface area (Å²) >= 11 is 0. The quantitative estimate of drug-likeness (QED) is 0.720. The lowest BCUT2D eigenvalue weighted by atomic mass is 10.0. The van der Waals surface area contributed by atoms with E-state index in [9.17, 15) is 9.59 Å². The summed E-state index contributed by atoms with van der Waals surface area (Å²) in [6.45, 7) is 6.28. The van der Waals surface area contributed by atoms with E-state index in [1.165, 1.54) is 5.56 Å². The van der Waals surface area contributed by atoms with Gasteiger partial charge in [0, 0.05) is 38.2 Å². The number of rotatable bonds is 8. The first kappa shape index (κ1) is 21.0. The molecule has 0 aliphatic carbocycles. The number of benzene rings is 2. The smallest absolute Gasteiger partial charge is 0.251 e. The van der Waals surface area contributed by atoms with Crippen molar-refractivity contribution in [2.45, 2.75) is 19.4 Å². The van der Waals surface area contributed by atoms with Crippen LogP contribution in [-0.4, -0.2) is 56.1 Å². The number of nitrogens with one attached hydrogen (secondary N) is 2. The van der Waals surface area contributed by atoms with E-state index < -0.39 is 0 Å². The predicted molar refractivity (Wildman–Crippen MR) is 113 cm³/mol. The number of hydrogen-bond donors (Lipinski definition) is 2. The molecule has 1 aliphatic rings. The van der Waals surface area contributed by atoms with Gasteiger partial charge in [0.25, 0.3) is 5.91 Å². The molecule has 0 bridgehead atoms. The monoisotopic (exact) mass is 395 g/mol. The number of nitrogens with zero attached hydrogens (tertiary/aromatic N) is 1. The molecule has 154 valence electrons. The number of amides is 2. The number of morpholine rings is 1. The molecule has 0 saturated carbocycles. The standard InChI is InChI=1S/C23H29N3O3/c1-18-7-9-19(10-8-18)21(17-26-13-15-29-16-14-26)25-22(27)11-12-24-23(28)20-5-3-2-4-6-20/h2-10,21H,11-17H2,1H3,(H,24,28)(H,25,27)/t21-/m1/s1. The number of ether oxygens (including phenoxy) is 1. The van der Waals surface area contributed by atoms with Crippen molar-refractivity contribution in [1.82, 2.24) is 15.5 Å². The van der Waals surface area contributed by atoms with Crippen LogP contribution in [0.3, 0.4) is 0 Å². The highest BCUT2D eigenvalue weighted by Crippen LogP contribution is 2.16. The molecule has 6 nitrogen and oxygen atoms in total. The van der Waals surface area contributed by atoms with Gasteiger partial charge >= 0.3 is 0 Å². The molecule has 1 atom stereocenters. The second-order valence-electron chi connectivity index (χ2n) is 7.32.